The van der Waals surface area contributed by atoms with Crippen molar-refractivity contribution in [2.24, 2.45) is 23.7 Å². The molecule has 5 nitrogen and oxygen atoms in total. The Balaban J connectivity index is 1.36. The van der Waals surface area contributed by atoms with Gasteiger partial charge in [0.15, 0.2) is 0 Å². The highest BCUT2D eigenvalue weighted by molar-refractivity contribution is 6.00. The van der Waals surface area contributed by atoms with Gasteiger partial charge in [-0.05, 0) is 85.8 Å². The van der Waals surface area contributed by atoms with E-state index in [4.69, 9.17) is 4.74 Å². The third-order valence-corrected chi connectivity index (χ3v) is 8.96. The van der Waals surface area contributed by atoms with Crippen LogP contribution >= 0.6 is 0 Å². The molecule has 1 amide bonds. The second-order valence-electron chi connectivity index (χ2n) is 11.3. The molecule has 218 valence electrons. The summed E-state index contributed by atoms with van der Waals surface area (Å²) in [6.07, 6.45) is -7.21. The molecule has 0 radical (unpaired) electrons. The Morgan fingerprint density at radius 2 is 1.62 bits per heavy atom. The molecule has 2 aliphatic carbocycles. The number of hydrogen-bond donors (Lipinski definition) is 1. The zero-order chi connectivity index (χ0) is 28.8. The number of carboxylic acid groups (broad SMARTS) is 1. The summed E-state index contributed by atoms with van der Waals surface area (Å²) in [4.78, 5) is 26.7. The molecular weight excluding hydrogens is 540 g/mol. The number of nitrogens with zero attached hydrogens (tertiary/aromatic N) is 1. The number of hydrogen-bond acceptors (Lipinski definition) is 3. The number of benzene rings is 2. The SMILES string of the molecule is O=C(O)C1CCCC2CCN(C(=O)c3ccc4c(C(F)(F)F)c(O[C@H]5CC[C@@H](C(F)(F)F)CC5)ccc4c3)CC21. The van der Waals surface area contributed by atoms with Crippen LogP contribution in [0.1, 0.15) is 67.3 Å². The van der Waals surface area contributed by atoms with Gasteiger partial charge in [-0.1, -0.05) is 18.6 Å². The van der Waals surface area contributed by atoms with Crippen molar-refractivity contribution in [3.8, 4) is 5.75 Å². The van der Waals surface area contributed by atoms with Crippen LogP contribution in [0.15, 0.2) is 30.3 Å². The molecule has 0 spiro atoms. The second-order valence-corrected chi connectivity index (χ2v) is 11.3. The Hall–Kier alpha value is -2.98. The summed E-state index contributed by atoms with van der Waals surface area (Å²) in [5.41, 5.74) is -0.810. The molecule has 3 aliphatic rings. The van der Waals surface area contributed by atoms with Crippen LogP contribution in [0.25, 0.3) is 10.8 Å². The first-order valence-corrected chi connectivity index (χ1v) is 13.7. The Kier molecular flexibility index (Phi) is 7.69. The monoisotopic (exact) mass is 571 g/mol. The van der Waals surface area contributed by atoms with Gasteiger partial charge in [-0.3, -0.25) is 9.59 Å². The minimum Gasteiger partial charge on any atom is -0.490 e. The van der Waals surface area contributed by atoms with Crippen molar-refractivity contribution in [1.82, 2.24) is 4.90 Å². The standard InChI is InChI=1S/C29H31F6NO4/c30-28(31,32)19-6-8-20(9-7-19)40-24-11-5-17-14-18(4-10-21(17)25(24)29(33,34)35)26(37)36-13-12-16-2-1-3-22(27(38)39)23(16)15-36/h4-5,10-11,14,16,19-20,22-23H,1-3,6-9,12-13,15H2,(H,38,39)/t16?,19-,20+,22?,23?. The van der Waals surface area contributed by atoms with Gasteiger partial charge in [0, 0.05) is 18.7 Å². The van der Waals surface area contributed by atoms with Crippen LogP contribution in [-0.4, -0.2) is 47.3 Å². The number of alkyl halides is 6. The molecule has 40 heavy (non-hydrogen) atoms. The zero-order valence-corrected chi connectivity index (χ0v) is 21.7. The van der Waals surface area contributed by atoms with Crippen molar-refractivity contribution in [2.45, 2.75) is 69.8 Å². The lowest BCUT2D eigenvalue weighted by Crippen LogP contribution is -2.49. The number of ether oxygens (including phenoxy) is 1. The van der Waals surface area contributed by atoms with Crippen molar-refractivity contribution in [2.75, 3.05) is 13.1 Å². The van der Waals surface area contributed by atoms with Crippen LogP contribution in [0, 0.1) is 23.7 Å². The number of likely N-dealkylation sites (tertiary alicyclic amines) is 1. The Labute approximate surface area is 227 Å². The molecule has 1 aliphatic heterocycles. The van der Waals surface area contributed by atoms with Crippen LogP contribution in [0.5, 0.6) is 5.75 Å². The summed E-state index contributed by atoms with van der Waals surface area (Å²) in [5.74, 6) is -3.54. The Morgan fingerprint density at radius 3 is 2.27 bits per heavy atom. The number of piperidine rings is 1. The van der Waals surface area contributed by atoms with E-state index in [2.05, 4.69) is 0 Å². The first-order valence-electron chi connectivity index (χ1n) is 13.7. The first kappa shape index (κ1) is 28.5. The molecule has 1 heterocycles. The molecule has 1 N–H and O–H groups in total. The van der Waals surface area contributed by atoms with Gasteiger partial charge in [0.05, 0.1) is 17.9 Å². The van der Waals surface area contributed by atoms with E-state index in [1.54, 1.807) is 4.90 Å². The molecule has 5 rings (SSSR count). The predicted molar refractivity (Wildman–Crippen MR) is 134 cm³/mol. The molecule has 11 heteroatoms. The molecule has 1 saturated heterocycles. The highest BCUT2D eigenvalue weighted by Gasteiger charge is 2.44. The smallest absolute Gasteiger partial charge is 0.420 e. The zero-order valence-electron chi connectivity index (χ0n) is 21.7. The maximum Gasteiger partial charge on any atom is 0.420 e. The van der Waals surface area contributed by atoms with Gasteiger partial charge in [0.2, 0.25) is 0 Å². The summed E-state index contributed by atoms with van der Waals surface area (Å²) in [5, 5.41) is 9.67. The number of carbonyl (C=O) groups excluding carboxylic acids is 1. The molecule has 2 saturated carbocycles. The number of carbonyl (C=O) groups is 2. The average Bonchev–Trinajstić information content (AvgIpc) is 2.90. The number of halogens is 6. The summed E-state index contributed by atoms with van der Waals surface area (Å²) < 4.78 is 87.2. The van der Waals surface area contributed by atoms with Crippen molar-refractivity contribution in [3.05, 3.63) is 41.5 Å². The van der Waals surface area contributed by atoms with Crippen molar-refractivity contribution in [1.29, 1.82) is 0 Å². The largest absolute Gasteiger partial charge is 0.490 e. The van der Waals surface area contributed by atoms with E-state index in [0.29, 0.717) is 25.9 Å². The van der Waals surface area contributed by atoms with E-state index in [-0.39, 0.29) is 59.8 Å². The number of rotatable bonds is 4. The fraction of sp³-hybridized carbons (Fsp3) is 0.586. The lowest BCUT2D eigenvalue weighted by molar-refractivity contribution is -0.185. The third kappa shape index (κ3) is 5.74. The summed E-state index contributed by atoms with van der Waals surface area (Å²) in [6.45, 7) is 0.761. The maximum absolute atomic E-state index is 14.2. The van der Waals surface area contributed by atoms with Gasteiger partial charge in [0.1, 0.15) is 11.3 Å². The molecule has 2 aromatic rings. The fourth-order valence-electron chi connectivity index (χ4n) is 6.85. The number of carboxylic acids is 1. The maximum atomic E-state index is 14.2. The van der Waals surface area contributed by atoms with Gasteiger partial charge < -0.3 is 14.7 Å². The minimum atomic E-state index is -4.79. The van der Waals surface area contributed by atoms with Crippen molar-refractivity contribution < 1.29 is 45.8 Å². The number of aliphatic carboxylic acids is 1. The predicted octanol–water partition coefficient (Wildman–Crippen LogP) is 7.32. The summed E-state index contributed by atoms with van der Waals surface area (Å²) in [6, 6.07) is 6.55. The normalized spacial score (nSPS) is 27.8. The Morgan fingerprint density at radius 1 is 0.900 bits per heavy atom. The topological polar surface area (TPSA) is 66.8 Å². The van der Waals surface area contributed by atoms with Crippen LogP contribution in [0.2, 0.25) is 0 Å². The van der Waals surface area contributed by atoms with Crippen LogP contribution in [0.4, 0.5) is 26.3 Å². The molecule has 2 aromatic carbocycles. The summed E-state index contributed by atoms with van der Waals surface area (Å²) >= 11 is 0. The number of fused-ring (bicyclic) bond motifs is 2. The summed E-state index contributed by atoms with van der Waals surface area (Å²) in [7, 11) is 0. The van der Waals surface area contributed by atoms with E-state index >= 15 is 0 Å². The lowest BCUT2D eigenvalue weighted by Gasteiger charge is -2.44. The molecule has 3 unspecified atom stereocenters. The second kappa shape index (κ2) is 10.8. The average molecular weight is 572 g/mol. The van der Waals surface area contributed by atoms with Crippen molar-refractivity contribution in [3.63, 3.8) is 0 Å². The fourth-order valence-corrected chi connectivity index (χ4v) is 6.85. The van der Waals surface area contributed by atoms with Gasteiger partial charge in [-0.25, -0.2) is 0 Å². The Bertz CT molecular complexity index is 1270. The van der Waals surface area contributed by atoms with Crippen LogP contribution < -0.4 is 4.74 Å². The molecule has 0 aromatic heterocycles. The van der Waals surface area contributed by atoms with Gasteiger partial charge >= 0.3 is 18.3 Å². The minimum absolute atomic E-state index is 0.00731. The van der Waals surface area contributed by atoms with E-state index in [1.165, 1.54) is 30.3 Å². The number of amides is 1. The third-order valence-electron chi connectivity index (χ3n) is 8.96. The first-order chi connectivity index (χ1) is 18.8. The molecule has 0 bridgehead atoms. The quantitative estimate of drug-likeness (QED) is 0.391. The van der Waals surface area contributed by atoms with Gasteiger partial charge in [0.25, 0.3) is 5.91 Å². The van der Waals surface area contributed by atoms with E-state index in [9.17, 15) is 41.0 Å². The molecule has 3 atom stereocenters. The lowest BCUT2D eigenvalue weighted by atomic mass is 9.69. The van der Waals surface area contributed by atoms with Gasteiger partial charge in [-0.15, -0.1) is 0 Å². The van der Waals surface area contributed by atoms with E-state index < -0.39 is 47.6 Å². The van der Waals surface area contributed by atoms with Crippen molar-refractivity contribution >= 4 is 22.6 Å². The molecular formula is C29H31F6NO4. The van der Waals surface area contributed by atoms with Gasteiger partial charge in [-0.2, -0.15) is 26.3 Å². The van der Waals surface area contributed by atoms with E-state index in [1.807, 2.05) is 0 Å². The highest BCUT2D eigenvalue weighted by Crippen LogP contribution is 2.45. The van der Waals surface area contributed by atoms with Crippen LogP contribution in [-0.2, 0) is 11.0 Å². The van der Waals surface area contributed by atoms with E-state index in [0.717, 1.165) is 12.8 Å². The highest BCUT2D eigenvalue weighted by atomic mass is 19.4. The molecule has 3 fully saturated rings. The van der Waals surface area contributed by atoms with Crippen LogP contribution in [0.3, 0.4) is 0 Å².